The van der Waals surface area contributed by atoms with Crippen molar-refractivity contribution in [2.45, 2.75) is 57.7 Å². The van der Waals surface area contributed by atoms with Gasteiger partial charge in [-0.25, -0.2) is 4.98 Å². The molecule has 1 saturated carbocycles. The quantitative estimate of drug-likeness (QED) is 0.424. The molecule has 1 aliphatic carbocycles. The van der Waals surface area contributed by atoms with Crippen molar-refractivity contribution in [3.05, 3.63) is 83.3 Å². The fraction of sp³-hybridized carbons (Fsp3) is 0.444. The molecule has 1 N–H and O–H groups in total. The van der Waals surface area contributed by atoms with Gasteiger partial charge in [0.25, 0.3) is 0 Å². The number of aliphatic hydroxyl groups is 1. The van der Waals surface area contributed by atoms with E-state index in [0.717, 1.165) is 54.9 Å². The van der Waals surface area contributed by atoms with Gasteiger partial charge in [-0.05, 0) is 37.5 Å². The van der Waals surface area contributed by atoms with Gasteiger partial charge in [-0.2, -0.15) is 0 Å². The summed E-state index contributed by atoms with van der Waals surface area (Å²) in [6.45, 7) is 2.99. The van der Waals surface area contributed by atoms with Gasteiger partial charge < -0.3 is 23.9 Å². The molecule has 0 amide bonds. The van der Waals surface area contributed by atoms with Crippen LogP contribution < -0.4 is 5.11 Å². The predicted octanol–water partition coefficient (Wildman–Crippen LogP) is 3.34. The summed E-state index contributed by atoms with van der Waals surface area (Å²) in [5.74, 6) is 1.33. The Kier molecular flexibility index (Phi) is 8.58. The van der Waals surface area contributed by atoms with Crippen LogP contribution in [0.1, 0.15) is 60.7 Å². The lowest BCUT2D eigenvalue weighted by atomic mass is 9.73. The molecule has 0 spiro atoms. The monoisotopic (exact) mass is 465 g/mol. The van der Waals surface area contributed by atoms with Gasteiger partial charge in [-0.1, -0.05) is 55.7 Å². The van der Waals surface area contributed by atoms with E-state index < -0.39 is 12.1 Å². The van der Waals surface area contributed by atoms with Crippen molar-refractivity contribution in [3.8, 4) is 0 Å². The van der Waals surface area contributed by atoms with E-state index in [0.29, 0.717) is 16.9 Å². The molecule has 3 aromatic rings. The van der Waals surface area contributed by atoms with Crippen molar-refractivity contribution < 1.29 is 23.9 Å². The number of hydrogen-bond donors (Lipinski definition) is 1. The maximum atomic E-state index is 12.0. The number of hydrogen-bond acceptors (Lipinski definition) is 6. The van der Waals surface area contributed by atoms with Crippen LogP contribution in [-0.2, 0) is 23.5 Å². The van der Waals surface area contributed by atoms with Crippen LogP contribution in [0.4, 0.5) is 0 Å². The predicted molar refractivity (Wildman–Crippen MR) is 127 cm³/mol. The lowest BCUT2D eigenvalue weighted by Crippen LogP contribution is -2.38. The van der Waals surface area contributed by atoms with E-state index in [1.165, 1.54) is 6.42 Å². The van der Waals surface area contributed by atoms with Crippen LogP contribution in [-0.4, -0.2) is 40.1 Å². The summed E-state index contributed by atoms with van der Waals surface area (Å²) in [5.41, 5.74) is 1.77. The smallest absolute Gasteiger partial charge is 0.231 e. The number of aromatic nitrogens is 2. The van der Waals surface area contributed by atoms with Gasteiger partial charge in [0, 0.05) is 18.1 Å². The highest BCUT2D eigenvalue weighted by atomic mass is 16.4. The van der Waals surface area contributed by atoms with Crippen LogP contribution in [0.3, 0.4) is 0 Å². The standard InChI is InChI=1S/C26H34N3O2.CH2O2/c1-20-11-10-16-23(28-20)18-29(2,3)19-24-17-27-25(31-24)26(30,21-12-6-4-7-13-21)22-14-8-5-9-15-22;2-1-3/h4,6-7,10-13,16-17,22,30H,5,8-9,14-15,18-19H2,1-3H3;1H,(H,2,3)/q+1;/p-1/t26-;/m0./s1. The zero-order chi connectivity index (χ0) is 24.6. The van der Waals surface area contributed by atoms with E-state index in [4.69, 9.17) is 14.3 Å². The Morgan fingerprint density at radius 3 is 2.41 bits per heavy atom. The molecule has 2 aromatic heterocycles. The van der Waals surface area contributed by atoms with Gasteiger partial charge in [0.2, 0.25) is 5.89 Å². The summed E-state index contributed by atoms with van der Waals surface area (Å²) in [5, 5.41) is 20.2. The normalized spacial score (nSPS) is 16.2. The van der Waals surface area contributed by atoms with Gasteiger partial charge in [0.15, 0.2) is 11.4 Å². The molecule has 0 saturated heterocycles. The SMILES string of the molecule is Cc1cccc(C[N+](C)(C)Cc2cnc([C@](O)(c3ccccc3)C3CCCCC3)o2)n1.O=C[O-]. The van der Waals surface area contributed by atoms with Crippen molar-refractivity contribution >= 4 is 6.47 Å². The van der Waals surface area contributed by atoms with E-state index in [2.05, 4.69) is 30.1 Å². The fourth-order valence-corrected chi connectivity index (χ4v) is 4.91. The summed E-state index contributed by atoms with van der Waals surface area (Å²) < 4.78 is 6.95. The fourth-order valence-electron chi connectivity index (χ4n) is 4.91. The molecule has 7 nitrogen and oxygen atoms in total. The molecule has 34 heavy (non-hydrogen) atoms. The second-order valence-electron chi connectivity index (χ2n) is 9.72. The Labute approximate surface area is 201 Å². The average molecular weight is 466 g/mol. The first-order valence-corrected chi connectivity index (χ1v) is 11.8. The minimum absolute atomic E-state index is 0.120. The molecule has 0 bridgehead atoms. The number of quaternary nitrogens is 1. The van der Waals surface area contributed by atoms with Gasteiger partial charge in [-0.3, -0.25) is 4.98 Å². The second-order valence-corrected chi connectivity index (χ2v) is 9.72. The van der Waals surface area contributed by atoms with Gasteiger partial charge in [0.05, 0.1) is 26.0 Å². The summed E-state index contributed by atoms with van der Waals surface area (Å²) in [6.07, 6.45) is 7.28. The summed E-state index contributed by atoms with van der Waals surface area (Å²) in [4.78, 5) is 17.5. The topological polar surface area (TPSA) is 99.3 Å². The first kappa shape index (κ1) is 25.6. The molecule has 0 radical (unpaired) electrons. The zero-order valence-electron chi connectivity index (χ0n) is 20.3. The second kappa shape index (κ2) is 11.4. The number of rotatable bonds is 7. The maximum absolute atomic E-state index is 12.0. The van der Waals surface area contributed by atoms with Crippen LogP contribution >= 0.6 is 0 Å². The van der Waals surface area contributed by atoms with Crippen LogP contribution in [0.2, 0.25) is 0 Å². The van der Waals surface area contributed by atoms with E-state index in [1.54, 1.807) is 6.20 Å². The number of carboxylic acid groups (broad SMARTS) is 1. The first-order valence-electron chi connectivity index (χ1n) is 11.8. The third-order valence-corrected chi connectivity index (χ3v) is 6.41. The summed E-state index contributed by atoms with van der Waals surface area (Å²) in [6, 6.07) is 16.0. The van der Waals surface area contributed by atoms with Gasteiger partial charge in [-0.15, -0.1) is 0 Å². The van der Waals surface area contributed by atoms with Crippen LogP contribution in [0.5, 0.6) is 0 Å². The highest BCUT2D eigenvalue weighted by molar-refractivity contribution is 5.30. The van der Waals surface area contributed by atoms with Crippen LogP contribution in [0.15, 0.2) is 59.1 Å². The first-order chi connectivity index (χ1) is 16.3. The zero-order valence-corrected chi connectivity index (χ0v) is 20.3. The molecule has 0 aliphatic heterocycles. The summed E-state index contributed by atoms with van der Waals surface area (Å²) >= 11 is 0. The molecule has 1 atom stereocenters. The molecule has 1 aromatic carbocycles. The number of aryl methyl sites for hydroxylation is 1. The number of benzene rings is 1. The molecule has 4 rings (SSSR count). The van der Waals surface area contributed by atoms with E-state index in [9.17, 15) is 5.11 Å². The van der Waals surface area contributed by atoms with Crippen LogP contribution in [0.25, 0.3) is 0 Å². The highest BCUT2D eigenvalue weighted by Gasteiger charge is 2.44. The maximum Gasteiger partial charge on any atom is 0.231 e. The molecule has 2 heterocycles. The van der Waals surface area contributed by atoms with Crippen molar-refractivity contribution in [2.75, 3.05) is 14.1 Å². The van der Waals surface area contributed by atoms with E-state index in [-0.39, 0.29) is 5.92 Å². The number of pyridine rings is 1. The molecule has 182 valence electrons. The lowest BCUT2D eigenvalue weighted by molar-refractivity contribution is -0.918. The van der Waals surface area contributed by atoms with Crippen molar-refractivity contribution in [1.29, 1.82) is 0 Å². The molecule has 1 aliphatic rings. The number of nitrogens with zero attached hydrogens (tertiary/aromatic N) is 3. The third kappa shape index (κ3) is 6.30. The minimum Gasteiger partial charge on any atom is -0.554 e. The number of carbonyl (C=O) groups is 1. The highest BCUT2D eigenvalue weighted by Crippen LogP contribution is 2.43. The minimum atomic E-state index is -1.19. The largest absolute Gasteiger partial charge is 0.554 e. The van der Waals surface area contributed by atoms with Crippen molar-refractivity contribution in [3.63, 3.8) is 0 Å². The average Bonchev–Trinajstić information content (AvgIpc) is 3.28. The third-order valence-electron chi connectivity index (χ3n) is 6.41. The molecule has 0 unspecified atom stereocenters. The van der Waals surface area contributed by atoms with E-state index in [1.807, 2.05) is 49.4 Å². The van der Waals surface area contributed by atoms with Gasteiger partial charge in [0.1, 0.15) is 13.1 Å². The Hall–Kier alpha value is -3.03. The van der Waals surface area contributed by atoms with Gasteiger partial charge >= 0.3 is 0 Å². The van der Waals surface area contributed by atoms with Crippen molar-refractivity contribution in [1.82, 2.24) is 9.97 Å². The Morgan fingerprint density at radius 1 is 1.09 bits per heavy atom. The molecular formula is C27H35N3O4. The Morgan fingerprint density at radius 2 is 1.76 bits per heavy atom. The molecule has 7 heteroatoms. The summed E-state index contributed by atoms with van der Waals surface area (Å²) in [7, 11) is 4.33. The van der Waals surface area contributed by atoms with Crippen LogP contribution in [0, 0.1) is 12.8 Å². The lowest BCUT2D eigenvalue weighted by Gasteiger charge is -2.36. The number of oxazole rings is 1. The molecular weight excluding hydrogens is 430 g/mol. The molecule has 1 fully saturated rings. The van der Waals surface area contributed by atoms with Crippen molar-refractivity contribution in [2.24, 2.45) is 5.92 Å². The number of carbonyl (C=O) groups excluding carboxylic acids is 1. The Balaban J connectivity index is 0.00000103. The Bertz CT molecular complexity index is 1040. The van der Waals surface area contributed by atoms with E-state index >= 15 is 0 Å².